The predicted molar refractivity (Wildman–Crippen MR) is 105 cm³/mol. The molecule has 2 aromatic rings. The van der Waals surface area contributed by atoms with Crippen molar-refractivity contribution in [2.75, 3.05) is 45.3 Å². The first-order chi connectivity index (χ1) is 13.1. The molecule has 6 nitrogen and oxygen atoms in total. The Balaban J connectivity index is 1.61. The molecule has 1 N–H and O–H groups in total. The zero-order chi connectivity index (χ0) is 19.2. The summed E-state index contributed by atoms with van der Waals surface area (Å²) in [6.07, 6.45) is 3.34. The predicted octanol–water partition coefficient (Wildman–Crippen LogP) is 2.77. The summed E-state index contributed by atoms with van der Waals surface area (Å²) >= 11 is 0. The lowest BCUT2D eigenvalue weighted by Gasteiger charge is -2.35. The number of anilines is 1. The summed E-state index contributed by atoms with van der Waals surface area (Å²) in [7, 11) is 3.21. The van der Waals surface area contributed by atoms with E-state index >= 15 is 0 Å². The van der Waals surface area contributed by atoms with Gasteiger partial charge in [-0.1, -0.05) is 0 Å². The van der Waals surface area contributed by atoms with Gasteiger partial charge in [0.1, 0.15) is 17.2 Å². The molecule has 3 rings (SSSR count). The number of methoxy groups -OCH3 is 2. The van der Waals surface area contributed by atoms with Crippen molar-refractivity contribution >= 4 is 17.7 Å². The van der Waals surface area contributed by atoms with Gasteiger partial charge in [0, 0.05) is 43.5 Å². The quantitative estimate of drug-likeness (QED) is 0.823. The van der Waals surface area contributed by atoms with Crippen molar-refractivity contribution in [1.29, 1.82) is 0 Å². The van der Waals surface area contributed by atoms with Crippen LogP contribution in [0.25, 0.3) is 6.08 Å². The molecule has 27 heavy (non-hydrogen) atoms. The van der Waals surface area contributed by atoms with Gasteiger partial charge >= 0.3 is 0 Å². The Morgan fingerprint density at radius 3 is 2.33 bits per heavy atom. The monoisotopic (exact) mass is 368 g/mol. The van der Waals surface area contributed by atoms with E-state index in [9.17, 15) is 9.90 Å². The molecule has 0 aromatic heterocycles. The van der Waals surface area contributed by atoms with Gasteiger partial charge in [0.05, 0.1) is 14.2 Å². The standard InChI is InChI=1S/C21H24N2O4/c1-26-19-8-9-20(27-2)16(15-19)3-10-21(25)23-13-11-22(12-14-23)17-4-6-18(24)7-5-17/h3-10,15,24H,11-14H2,1-2H3/b10-3+. The molecule has 0 spiro atoms. The Bertz CT molecular complexity index is 809. The smallest absolute Gasteiger partial charge is 0.246 e. The molecule has 0 aliphatic carbocycles. The largest absolute Gasteiger partial charge is 0.508 e. The van der Waals surface area contributed by atoms with Crippen LogP contribution in [0.2, 0.25) is 0 Å². The highest BCUT2D eigenvalue weighted by Crippen LogP contribution is 2.25. The highest BCUT2D eigenvalue weighted by Gasteiger charge is 2.20. The Labute approximate surface area is 159 Å². The van der Waals surface area contributed by atoms with E-state index in [-0.39, 0.29) is 11.7 Å². The number of aromatic hydroxyl groups is 1. The van der Waals surface area contributed by atoms with Crippen LogP contribution >= 0.6 is 0 Å². The van der Waals surface area contributed by atoms with Crippen molar-refractivity contribution in [1.82, 2.24) is 4.90 Å². The Morgan fingerprint density at radius 1 is 1.00 bits per heavy atom. The second kappa shape index (κ2) is 8.49. The number of carbonyl (C=O) groups is 1. The normalized spacial score (nSPS) is 14.4. The molecular formula is C21H24N2O4. The number of amides is 1. The minimum atomic E-state index is -0.0229. The Hall–Kier alpha value is -3.15. The molecule has 0 bridgehead atoms. The molecule has 1 amide bonds. The van der Waals surface area contributed by atoms with Crippen molar-refractivity contribution < 1.29 is 19.4 Å². The maximum Gasteiger partial charge on any atom is 0.246 e. The lowest BCUT2D eigenvalue weighted by atomic mass is 10.1. The fraction of sp³-hybridized carbons (Fsp3) is 0.286. The van der Waals surface area contributed by atoms with E-state index in [2.05, 4.69) is 4.90 Å². The average molecular weight is 368 g/mol. The zero-order valence-electron chi connectivity index (χ0n) is 15.6. The molecule has 1 saturated heterocycles. The van der Waals surface area contributed by atoms with Crippen LogP contribution in [-0.4, -0.2) is 56.3 Å². The van der Waals surface area contributed by atoms with Gasteiger partial charge in [-0.25, -0.2) is 0 Å². The number of phenolic OH excluding ortho intramolecular Hbond substituents is 1. The molecule has 1 aliphatic heterocycles. The summed E-state index contributed by atoms with van der Waals surface area (Å²) in [6.45, 7) is 2.82. The van der Waals surface area contributed by atoms with Crippen LogP contribution in [0.15, 0.2) is 48.5 Å². The molecule has 1 heterocycles. The molecular weight excluding hydrogens is 344 g/mol. The van der Waals surface area contributed by atoms with Gasteiger partial charge in [-0.3, -0.25) is 4.79 Å². The van der Waals surface area contributed by atoms with Crippen molar-refractivity contribution in [2.24, 2.45) is 0 Å². The van der Waals surface area contributed by atoms with Crippen LogP contribution in [0, 0.1) is 0 Å². The SMILES string of the molecule is COc1ccc(OC)c(/C=C/C(=O)N2CCN(c3ccc(O)cc3)CC2)c1. The van der Waals surface area contributed by atoms with E-state index in [4.69, 9.17) is 9.47 Å². The van der Waals surface area contributed by atoms with Crippen molar-refractivity contribution in [2.45, 2.75) is 0 Å². The lowest BCUT2D eigenvalue weighted by Crippen LogP contribution is -2.48. The van der Waals surface area contributed by atoms with Gasteiger partial charge in [0.15, 0.2) is 0 Å². The molecule has 142 valence electrons. The van der Waals surface area contributed by atoms with Gasteiger partial charge in [-0.15, -0.1) is 0 Å². The van der Waals surface area contributed by atoms with E-state index < -0.39 is 0 Å². The minimum Gasteiger partial charge on any atom is -0.508 e. The third kappa shape index (κ3) is 4.53. The van der Waals surface area contributed by atoms with Crippen LogP contribution in [0.4, 0.5) is 5.69 Å². The molecule has 0 radical (unpaired) electrons. The molecule has 0 atom stereocenters. The summed E-state index contributed by atoms with van der Waals surface area (Å²) in [6, 6.07) is 12.6. The van der Waals surface area contributed by atoms with Crippen molar-refractivity contribution in [3.8, 4) is 17.2 Å². The van der Waals surface area contributed by atoms with Gasteiger partial charge in [-0.05, 0) is 48.5 Å². The second-order valence-corrected chi connectivity index (χ2v) is 6.27. The zero-order valence-corrected chi connectivity index (χ0v) is 15.6. The van der Waals surface area contributed by atoms with Gasteiger partial charge < -0.3 is 24.4 Å². The number of phenols is 1. The fourth-order valence-electron chi connectivity index (χ4n) is 3.08. The Morgan fingerprint density at radius 2 is 1.70 bits per heavy atom. The maximum atomic E-state index is 12.5. The highest BCUT2D eigenvalue weighted by molar-refractivity contribution is 5.92. The number of hydrogen-bond donors (Lipinski definition) is 1. The highest BCUT2D eigenvalue weighted by atomic mass is 16.5. The summed E-state index contributed by atoms with van der Waals surface area (Å²) in [5.41, 5.74) is 1.85. The summed E-state index contributed by atoms with van der Waals surface area (Å²) in [5, 5.41) is 9.40. The summed E-state index contributed by atoms with van der Waals surface area (Å²) in [4.78, 5) is 16.6. The Kier molecular flexibility index (Phi) is 5.86. The molecule has 0 unspecified atom stereocenters. The molecule has 0 saturated carbocycles. The van der Waals surface area contributed by atoms with Crippen LogP contribution in [0.3, 0.4) is 0 Å². The third-order valence-corrected chi connectivity index (χ3v) is 4.65. The summed E-state index contributed by atoms with van der Waals surface area (Å²) in [5.74, 6) is 1.64. The maximum absolute atomic E-state index is 12.5. The van der Waals surface area contributed by atoms with E-state index in [0.717, 1.165) is 24.3 Å². The van der Waals surface area contributed by atoms with Crippen LogP contribution in [0.5, 0.6) is 17.2 Å². The van der Waals surface area contributed by atoms with Gasteiger partial charge in [-0.2, -0.15) is 0 Å². The van der Waals surface area contributed by atoms with Crippen LogP contribution < -0.4 is 14.4 Å². The van der Waals surface area contributed by atoms with E-state index in [1.54, 1.807) is 38.5 Å². The van der Waals surface area contributed by atoms with Crippen molar-refractivity contribution in [3.05, 3.63) is 54.1 Å². The molecule has 6 heteroatoms. The number of hydrogen-bond acceptors (Lipinski definition) is 5. The lowest BCUT2D eigenvalue weighted by molar-refractivity contribution is -0.126. The molecule has 2 aromatic carbocycles. The first-order valence-corrected chi connectivity index (χ1v) is 8.83. The van der Waals surface area contributed by atoms with Gasteiger partial charge in [0.2, 0.25) is 5.91 Å². The van der Waals surface area contributed by atoms with Crippen molar-refractivity contribution in [3.63, 3.8) is 0 Å². The fourth-order valence-corrected chi connectivity index (χ4v) is 3.08. The topological polar surface area (TPSA) is 62.2 Å². The first kappa shape index (κ1) is 18.6. The summed E-state index contributed by atoms with van der Waals surface area (Å²) < 4.78 is 10.6. The van der Waals surface area contributed by atoms with Crippen LogP contribution in [-0.2, 0) is 4.79 Å². The average Bonchev–Trinajstić information content (AvgIpc) is 2.72. The second-order valence-electron chi connectivity index (χ2n) is 6.27. The van der Waals surface area contributed by atoms with E-state index in [0.29, 0.717) is 24.6 Å². The number of nitrogens with zero attached hydrogens (tertiary/aromatic N) is 2. The first-order valence-electron chi connectivity index (χ1n) is 8.83. The minimum absolute atomic E-state index is 0.0229. The molecule has 1 aliphatic rings. The van der Waals surface area contributed by atoms with Crippen LogP contribution in [0.1, 0.15) is 5.56 Å². The number of rotatable bonds is 5. The van der Waals surface area contributed by atoms with E-state index in [1.165, 1.54) is 0 Å². The molecule has 1 fully saturated rings. The third-order valence-electron chi connectivity index (χ3n) is 4.65. The van der Waals surface area contributed by atoms with Gasteiger partial charge in [0.25, 0.3) is 0 Å². The number of carbonyl (C=O) groups excluding carboxylic acids is 1. The number of ether oxygens (including phenoxy) is 2. The van der Waals surface area contributed by atoms with E-state index in [1.807, 2.05) is 35.2 Å². The number of piperazine rings is 1. The number of benzene rings is 2.